The van der Waals surface area contributed by atoms with Crippen molar-refractivity contribution in [3.8, 4) is 0 Å². The average molecular weight is 196 g/mol. The number of aromatic nitrogens is 2. The molecule has 2 heterocycles. The minimum absolute atomic E-state index is 0.0375. The summed E-state index contributed by atoms with van der Waals surface area (Å²) in [6.07, 6.45) is 5.03. The highest BCUT2D eigenvalue weighted by Crippen LogP contribution is 2.26. The van der Waals surface area contributed by atoms with Crippen molar-refractivity contribution < 1.29 is 9.84 Å². The second kappa shape index (κ2) is 4.11. The van der Waals surface area contributed by atoms with Gasteiger partial charge >= 0.3 is 0 Å². The van der Waals surface area contributed by atoms with Crippen LogP contribution in [0.25, 0.3) is 0 Å². The highest BCUT2D eigenvalue weighted by molar-refractivity contribution is 5.10. The van der Waals surface area contributed by atoms with E-state index >= 15 is 0 Å². The smallest absolute Gasteiger partial charge is 0.108 e. The lowest BCUT2D eigenvalue weighted by Crippen LogP contribution is -2.16. The lowest BCUT2D eigenvalue weighted by atomic mass is 10.1. The van der Waals surface area contributed by atoms with Gasteiger partial charge in [0, 0.05) is 24.9 Å². The van der Waals surface area contributed by atoms with Crippen molar-refractivity contribution in [1.82, 2.24) is 9.78 Å². The highest BCUT2D eigenvalue weighted by Gasteiger charge is 2.26. The number of aryl methyl sites for hydroxylation is 1. The molecule has 0 bridgehead atoms. The summed E-state index contributed by atoms with van der Waals surface area (Å²) in [5.74, 6) is 0. The molecule has 14 heavy (non-hydrogen) atoms. The van der Waals surface area contributed by atoms with Gasteiger partial charge in [0.1, 0.15) is 6.10 Å². The number of hydrogen-bond donors (Lipinski definition) is 1. The van der Waals surface area contributed by atoms with Crippen molar-refractivity contribution in [3.63, 3.8) is 0 Å². The molecule has 0 radical (unpaired) electrons. The van der Waals surface area contributed by atoms with Gasteiger partial charge in [0.25, 0.3) is 0 Å². The first-order valence-electron chi connectivity index (χ1n) is 5.13. The first-order valence-corrected chi connectivity index (χ1v) is 5.13. The maximum absolute atomic E-state index is 9.95. The maximum Gasteiger partial charge on any atom is 0.108 e. The SMILES string of the molecule is CCn1cc(C(O)C2CCCO2)cn1. The van der Waals surface area contributed by atoms with E-state index in [0.29, 0.717) is 0 Å². The molecule has 2 rings (SSSR count). The van der Waals surface area contributed by atoms with Crippen molar-refractivity contribution in [2.45, 2.75) is 38.5 Å². The Balaban J connectivity index is 2.05. The number of aliphatic hydroxyl groups is 1. The van der Waals surface area contributed by atoms with E-state index < -0.39 is 6.10 Å². The van der Waals surface area contributed by atoms with Crippen LogP contribution in [-0.2, 0) is 11.3 Å². The molecule has 1 aromatic heterocycles. The van der Waals surface area contributed by atoms with Gasteiger partial charge in [0.2, 0.25) is 0 Å². The number of rotatable bonds is 3. The molecule has 1 saturated heterocycles. The van der Waals surface area contributed by atoms with Crippen LogP contribution >= 0.6 is 0 Å². The standard InChI is InChI=1S/C10H16N2O2/c1-2-12-7-8(6-11-12)10(13)9-4-3-5-14-9/h6-7,9-10,13H,2-5H2,1H3. The number of hydrogen-bond acceptors (Lipinski definition) is 3. The van der Waals surface area contributed by atoms with Crippen LogP contribution in [0, 0.1) is 0 Å². The third-order valence-corrected chi connectivity index (χ3v) is 2.64. The lowest BCUT2D eigenvalue weighted by molar-refractivity contribution is -0.00262. The van der Waals surface area contributed by atoms with Gasteiger partial charge in [0.05, 0.1) is 12.3 Å². The second-order valence-electron chi connectivity index (χ2n) is 3.63. The Morgan fingerprint density at radius 2 is 2.64 bits per heavy atom. The molecule has 1 aliphatic rings. The summed E-state index contributed by atoms with van der Waals surface area (Å²) in [5, 5.41) is 14.1. The largest absolute Gasteiger partial charge is 0.386 e. The van der Waals surface area contributed by atoms with Crippen molar-refractivity contribution in [3.05, 3.63) is 18.0 Å². The fourth-order valence-corrected chi connectivity index (χ4v) is 1.77. The Bertz CT molecular complexity index is 292. The van der Waals surface area contributed by atoms with Crippen LogP contribution < -0.4 is 0 Å². The van der Waals surface area contributed by atoms with E-state index in [4.69, 9.17) is 4.74 Å². The quantitative estimate of drug-likeness (QED) is 0.788. The van der Waals surface area contributed by atoms with Crippen LogP contribution in [0.4, 0.5) is 0 Å². The molecular weight excluding hydrogens is 180 g/mol. The van der Waals surface area contributed by atoms with E-state index in [1.165, 1.54) is 0 Å². The van der Waals surface area contributed by atoms with Crippen molar-refractivity contribution in [1.29, 1.82) is 0 Å². The molecule has 78 valence electrons. The normalized spacial score (nSPS) is 24.0. The van der Waals surface area contributed by atoms with Gasteiger partial charge in [0.15, 0.2) is 0 Å². The first-order chi connectivity index (χ1) is 6.81. The Kier molecular flexibility index (Phi) is 2.84. The number of aliphatic hydroxyl groups excluding tert-OH is 1. The van der Waals surface area contributed by atoms with Crippen molar-refractivity contribution in [2.24, 2.45) is 0 Å². The van der Waals surface area contributed by atoms with Gasteiger partial charge < -0.3 is 9.84 Å². The summed E-state index contributed by atoms with van der Waals surface area (Å²) in [4.78, 5) is 0. The fraction of sp³-hybridized carbons (Fsp3) is 0.700. The van der Waals surface area contributed by atoms with Crippen LogP contribution in [0.2, 0.25) is 0 Å². The molecular formula is C10H16N2O2. The Labute approximate surface area is 83.5 Å². The van der Waals surface area contributed by atoms with Crippen LogP contribution in [0.3, 0.4) is 0 Å². The summed E-state index contributed by atoms with van der Waals surface area (Å²) in [6.45, 7) is 3.62. The van der Waals surface area contributed by atoms with E-state index in [0.717, 1.165) is 31.6 Å². The van der Waals surface area contributed by atoms with E-state index in [1.54, 1.807) is 6.20 Å². The zero-order chi connectivity index (χ0) is 9.97. The average Bonchev–Trinajstić information content (AvgIpc) is 2.88. The first kappa shape index (κ1) is 9.68. The molecule has 0 amide bonds. The molecule has 4 heteroatoms. The van der Waals surface area contributed by atoms with E-state index in [2.05, 4.69) is 5.10 Å². The van der Waals surface area contributed by atoms with Gasteiger partial charge in [-0.1, -0.05) is 0 Å². The van der Waals surface area contributed by atoms with Crippen LogP contribution in [-0.4, -0.2) is 27.6 Å². The molecule has 0 saturated carbocycles. The Morgan fingerprint density at radius 1 is 1.79 bits per heavy atom. The topological polar surface area (TPSA) is 47.3 Å². The third-order valence-electron chi connectivity index (χ3n) is 2.64. The number of ether oxygens (including phenoxy) is 1. The molecule has 2 atom stereocenters. The molecule has 4 nitrogen and oxygen atoms in total. The van der Waals surface area contributed by atoms with E-state index in [-0.39, 0.29) is 6.10 Å². The number of nitrogens with zero attached hydrogens (tertiary/aromatic N) is 2. The van der Waals surface area contributed by atoms with Crippen molar-refractivity contribution >= 4 is 0 Å². The predicted octanol–water partition coefficient (Wildman–Crippen LogP) is 1.12. The predicted molar refractivity (Wildman–Crippen MR) is 51.8 cm³/mol. The van der Waals surface area contributed by atoms with Gasteiger partial charge in [-0.15, -0.1) is 0 Å². The maximum atomic E-state index is 9.95. The molecule has 0 spiro atoms. The molecule has 1 N–H and O–H groups in total. The van der Waals surface area contributed by atoms with Gasteiger partial charge in [-0.3, -0.25) is 4.68 Å². The minimum Gasteiger partial charge on any atom is -0.386 e. The summed E-state index contributed by atoms with van der Waals surface area (Å²) >= 11 is 0. The Morgan fingerprint density at radius 3 is 3.21 bits per heavy atom. The lowest BCUT2D eigenvalue weighted by Gasteiger charge is -2.15. The monoisotopic (exact) mass is 196 g/mol. The van der Waals surface area contributed by atoms with Gasteiger partial charge in [-0.25, -0.2) is 0 Å². The van der Waals surface area contributed by atoms with Gasteiger partial charge in [-0.05, 0) is 19.8 Å². The van der Waals surface area contributed by atoms with Crippen LogP contribution in [0.15, 0.2) is 12.4 Å². The van der Waals surface area contributed by atoms with E-state index in [1.807, 2.05) is 17.8 Å². The molecule has 2 unspecified atom stereocenters. The summed E-state index contributed by atoms with van der Waals surface area (Å²) in [7, 11) is 0. The second-order valence-corrected chi connectivity index (χ2v) is 3.63. The van der Waals surface area contributed by atoms with E-state index in [9.17, 15) is 5.11 Å². The fourth-order valence-electron chi connectivity index (χ4n) is 1.77. The molecule has 1 fully saturated rings. The molecule has 1 aromatic rings. The zero-order valence-corrected chi connectivity index (χ0v) is 8.39. The van der Waals surface area contributed by atoms with Crippen molar-refractivity contribution in [2.75, 3.05) is 6.61 Å². The van der Waals surface area contributed by atoms with Crippen LogP contribution in [0.1, 0.15) is 31.4 Å². The minimum atomic E-state index is -0.516. The summed E-state index contributed by atoms with van der Waals surface area (Å²) < 4.78 is 7.24. The van der Waals surface area contributed by atoms with Gasteiger partial charge in [-0.2, -0.15) is 5.10 Å². The summed E-state index contributed by atoms with van der Waals surface area (Å²) in [6, 6.07) is 0. The third kappa shape index (κ3) is 1.81. The highest BCUT2D eigenvalue weighted by atomic mass is 16.5. The Hall–Kier alpha value is -0.870. The molecule has 1 aliphatic heterocycles. The zero-order valence-electron chi connectivity index (χ0n) is 8.39. The molecule has 0 aliphatic carbocycles. The van der Waals surface area contributed by atoms with Crippen LogP contribution in [0.5, 0.6) is 0 Å². The summed E-state index contributed by atoms with van der Waals surface area (Å²) in [5.41, 5.74) is 0.860. The molecule has 0 aromatic carbocycles.